The summed E-state index contributed by atoms with van der Waals surface area (Å²) >= 11 is 0. The molecule has 2 bridgehead atoms. The monoisotopic (exact) mass is 436 g/mol. The summed E-state index contributed by atoms with van der Waals surface area (Å²) < 4.78 is 31.9. The summed E-state index contributed by atoms with van der Waals surface area (Å²) in [5.74, 6) is 0.316. The van der Waals surface area contributed by atoms with E-state index in [-0.39, 0.29) is 18.1 Å². The number of fused-ring (bicyclic) bond motifs is 2. The smallest absolute Gasteiger partial charge is 0.245 e. The molecule has 0 saturated heterocycles. The van der Waals surface area contributed by atoms with Gasteiger partial charge in [0, 0.05) is 31.1 Å². The number of anilines is 1. The number of phenols is 1. The fraction of sp³-hybridized carbons (Fsp3) is 0.429. The highest BCUT2D eigenvalue weighted by atomic mass is 19.1. The van der Waals surface area contributed by atoms with Crippen LogP contribution in [-0.4, -0.2) is 71.0 Å². The molecule has 0 aliphatic heterocycles. The van der Waals surface area contributed by atoms with Crippen molar-refractivity contribution >= 4 is 21.6 Å². The Bertz CT molecular complexity index is 1130. The van der Waals surface area contributed by atoms with Crippen molar-refractivity contribution in [3.05, 3.63) is 43.1 Å². The Labute approximate surface area is 186 Å². The first-order valence-corrected chi connectivity index (χ1v) is 10.7. The number of phenolic OH excluding ortho intramolecular Hbond substituents is 1. The number of aromatic nitrogens is 5. The number of rotatable bonds is 4. The molecule has 1 unspecified atom stereocenters. The molecule has 2 fully saturated rings. The van der Waals surface area contributed by atoms with Crippen molar-refractivity contribution in [3.63, 3.8) is 0 Å². The molecule has 2 heterocycles. The summed E-state index contributed by atoms with van der Waals surface area (Å²) in [7, 11) is 5.48. The quantitative estimate of drug-likeness (QED) is 0.628. The van der Waals surface area contributed by atoms with Crippen LogP contribution in [0.25, 0.3) is 16.9 Å². The normalized spacial score (nSPS) is 31.5. The zero-order valence-electron chi connectivity index (χ0n) is 18.3. The predicted octanol–water partition coefficient (Wildman–Crippen LogP) is 1.69. The van der Waals surface area contributed by atoms with Gasteiger partial charge in [-0.3, -0.25) is 0 Å². The van der Waals surface area contributed by atoms with Crippen LogP contribution in [0.2, 0.25) is 10.6 Å². The second-order valence-electron chi connectivity index (χ2n) is 9.76. The van der Waals surface area contributed by atoms with Crippen molar-refractivity contribution in [2.24, 2.45) is 0 Å². The molecule has 1 N–H and O–H groups in total. The van der Waals surface area contributed by atoms with Crippen LogP contribution in [-0.2, 0) is 0 Å². The van der Waals surface area contributed by atoms with Crippen LogP contribution in [0.5, 0.6) is 5.75 Å². The average Bonchev–Trinajstić information content (AvgIpc) is 3.37. The van der Waals surface area contributed by atoms with Crippen molar-refractivity contribution in [1.29, 1.82) is 0 Å². The SMILES string of the molecule is B[C@]12C[C@@H](N(C)c3ncc(-c4ccc(-n5ccnc5)cc4O)nn3)[C@H](F)[C@](B)(CC1F)C2. The number of alkyl halides is 2. The van der Waals surface area contributed by atoms with Gasteiger partial charge in [-0.1, -0.05) is 6.42 Å². The number of aromatic hydroxyl groups is 1. The zero-order valence-corrected chi connectivity index (χ0v) is 18.3. The largest absolute Gasteiger partial charge is 0.507 e. The topological polar surface area (TPSA) is 80.0 Å². The first kappa shape index (κ1) is 20.9. The predicted molar refractivity (Wildman–Crippen MR) is 122 cm³/mol. The Morgan fingerprint density at radius 2 is 2.00 bits per heavy atom. The van der Waals surface area contributed by atoms with Gasteiger partial charge < -0.3 is 14.6 Å². The highest BCUT2D eigenvalue weighted by Crippen LogP contribution is 2.66. The van der Waals surface area contributed by atoms with E-state index in [0.717, 1.165) is 5.69 Å². The molecule has 5 atom stereocenters. The third kappa shape index (κ3) is 3.25. The highest BCUT2D eigenvalue weighted by Gasteiger charge is 2.61. The van der Waals surface area contributed by atoms with Crippen molar-refractivity contribution in [2.75, 3.05) is 11.9 Å². The molecule has 11 heteroatoms. The van der Waals surface area contributed by atoms with E-state index in [2.05, 4.69) is 20.2 Å². The lowest BCUT2D eigenvalue weighted by Gasteiger charge is -2.46. The van der Waals surface area contributed by atoms with Crippen LogP contribution in [0.15, 0.2) is 43.1 Å². The molecule has 2 aliphatic rings. The van der Waals surface area contributed by atoms with Gasteiger partial charge in [0.15, 0.2) is 0 Å². The van der Waals surface area contributed by atoms with Gasteiger partial charge in [-0.05, 0) is 35.6 Å². The molecular weight excluding hydrogens is 412 g/mol. The van der Waals surface area contributed by atoms with E-state index >= 15 is 4.39 Å². The second kappa shape index (κ2) is 7.28. The lowest BCUT2D eigenvalue weighted by atomic mass is 9.51. The van der Waals surface area contributed by atoms with E-state index in [1.807, 2.05) is 21.8 Å². The molecule has 7 nitrogen and oxygen atoms in total. The third-order valence-electron chi connectivity index (χ3n) is 7.31. The minimum absolute atomic E-state index is 0.0379. The number of halogens is 2. The van der Waals surface area contributed by atoms with Gasteiger partial charge in [0.05, 0.1) is 30.4 Å². The Hall–Kier alpha value is -2.97. The van der Waals surface area contributed by atoms with Crippen molar-refractivity contribution in [3.8, 4) is 22.7 Å². The van der Waals surface area contributed by atoms with Gasteiger partial charge in [0.2, 0.25) is 5.95 Å². The second-order valence-corrected chi connectivity index (χ2v) is 9.76. The van der Waals surface area contributed by atoms with Crippen molar-refractivity contribution < 1.29 is 13.9 Å². The van der Waals surface area contributed by atoms with E-state index in [9.17, 15) is 9.50 Å². The van der Waals surface area contributed by atoms with Crippen LogP contribution < -0.4 is 4.90 Å². The van der Waals surface area contributed by atoms with Crippen molar-refractivity contribution in [1.82, 2.24) is 24.7 Å². The van der Waals surface area contributed by atoms with Gasteiger partial charge in [-0.2, -0.15) is 0 Å². The summed E-state index contributed by atoms with van der Waals surface area (Å²) in [5.41, 5.74) is 1.65. The van der Waals surface area contributed by atoms with E-state index in [4.69, 9.17) is 0 Å². The van der Waals surface area contributed by atoms with Gasteiger partial charge in [-0.15, -0.1) is 10.2 Å². The molecule has 5 rings (SSSR count). The summed E-state index contributed by atoms with van der Waals surface area (Å²) in [4.78, 5) is 10.1. The molecule has 164 valence electrons. The molecule has 1 aromatic carbocycles. The van der Waals surface area contributed by atoms with E-state index in [1.165, 1.54) is 6.20 Å². The maximum atomic E-state index is 15.4. The molecule has 2 saturated carbocycles. The first-order valence-electron chi connectivity index (χ1n) is 10.7. The number of hydrogen-bond acceptors (Lipinski definition) is 6. The molecule has 0 amide bonds. The van der Waals surface area contributed by atoms with Crippen LogP contribution in [0.1, 0.15) is 19.3 Å². The van der Waals surface area contributed by atoms with E-state index in [0.29, 0.717) is 24.1 Å². The summed E-state index contributed by atoms with van der Waals surface area (Å²) in [5, 5.41) is 17.7. The van der Waals surface area contributed by atoms with Crippen LogP contribution in [0.3, 0.4) is 0 Å². The molecule has 0 radical (unpaired) electrons. The van der Waals surface area contributed by atoms with E-state index < -0.39 is 29.0 Å². The molecule has 0 spiro atoms. The fourth-order valence-corrected chi connectivity index (χ4v) is 5.56. The number of nitrogens with zero attached hydrogens (tertiary/aromatic N) is 6. The molecule has 32 heavy (non-hydrogen) atoms. The zero-order chi connectivity index (χ0) is 22.7. The van der Waals surface area contributed by atoms with E-state index in [1.54, 1.807) is 47.4 Å². The Balaban J connectivity index is 1.38. The number of hydrogen-bond donors (Lipinski definition) is 1. The molecule has 3 aromatic rings. The summed E-state index contributed by atoms with van der Waals surface area (Å²) in [6.45, 7) is 0. The highest BCUT2D eigenvalue weighted by molar-refractivity contribution is 6.21. The number of imidazole rings is 1. The molecule has 2 aliphatic carbocycles. The number of benzene rings is 1. The Morgan fingerprint density at radius 3 is 2.66 bits per heavy atom. The fourth-order valence-electron chi connectivity index (χ4n) is 5.56. The summed E-state index contributed by atoms with van der Waals surface area (Å²) in [6.07, 6.45) is 5.62. The average molecular weight is 436 g/mol. The molecule has 2 aromatic heterocycles. The standard InChI is InChI=1S/C21H24B2F2N6O/c1-30(15-7-20(22)10-21(23,18(15)25)8-17(20)24)19-27-9-14(28-29-19)13-3-2-12(6-16(13)32)31-5-4-26-11-31/h2-6,9,11,15,17-18,32H,7-8,10,22-23H2,1H3/t15-,17?,18+,20+,21+/m1/s1. The first-order chi connectivity index (χ1) is 15.2. The van der Waals surface area contributed by atoms with Crippen molar-refractivity contribution in [2.45, 2.75) is 48.3 Å². The van der Waals surface area contributed by atoms with Gasteiger partial charge in [0.1, 0.15) is 33.3 Å². The van der Waals surface area contributed by atoms with Gasteiger partial charge in [-0.25, -0.2) is 18.7 Å². The molecular formula is C21H24B2F2N6O. The summed E-state index contributed by atoms with van der Waals surface area (Å²) in [6, 6.07) is 4.66. The van der Waals surface area contributed by atoms with Crippen LogP contribution >= 0.6 is 0 Å². The lowest BCUT2D eigenvalue weighted by molar-refractivity contribution is 0.156. The minimum atomic E-state index is -1.18. The lowest BCUT2D eigenvalue weighted by Crippen LogP contribution is -2.50. The van der Waals surface area contributed by atoms with Gasteiger partial charge in [0.25, 0.3) is 0 Å². The third-order valence-corrected chi connectivity index (χ3v) is 7.31. The maximum absolute atomic E-state index is 15.4. The van der Waals surface area contributed by atoms with Gasteiger partial charge >= 0.3 is 0 Å². The van der Waals surface area contributed by atoms with Crippen LogP contribution in [0, 0.1) is 0 Å². The Kier molecular flexibility index (Phi) is 4.76. The minimum Gasteiger partial charge on any atom is -0.507 e. The van der Waals surface area contributed by atoms with Crippen LogP contribution in [0.4, 0.5) is 14.7 Å². The maximum Gasteiger partial charge on any atom is 0.245 e. The Morgan fingerprint density at radius 1 is 1.19 bits per heavy atom.